The van der Waals surface area contributed by atoms with E-state index in [9.17, 15) is 0 Å². The van der Waals surface area contributed by atoms with Crippen molar-refractivity contribution in [3.63, 3.8) is 0 Å². The zero-order chi connectivity index (χ0) is 21.6. The normalized spacial score (nSPS) is 17.9. The van der Waals surface area contributed by atoms with Gasteiger partial charge in [0.1, 0.15) is 0 Å². The predicted molar refractivity (Wildman–Crippen MR) is 144 cm³/mol. The standard InChI is InChI=1S/C30H30P2/c1-5-13-27(14-6-1)31(28-15-7-2-8-16-28)23-25-21-22-26(25)24-32(29-17-9-3-10-18-29)30-19-11-4-12-20-30/h1-20,25-26H,21-24H2/t25-,26+. The topological polar surface area (TPSA) is 0 Å². The summed E-state index contributed by atoms with van der Waals surface area (Å²) in [6.45, 7) is 0. The van der Waals surface area contributed by atoms with Gasteiger partial charge in [0.25, 0.3) is 0 Å². The molecule has 5 rings (SSSR count). The van der Waals surface area contributed by atoms with Crippen molar-refractivity contribution in [3.8, 4) is 0 Å². The lowest BCUT2D eigenvalue weighted by Crippen LogP contribution is -2.34. The second-order valence-electron chi connectivity index (χ2n) is 8.66. The van der Waals surface area contributed by atoms with E-state index in [2.05, 4.69) is 121 Å². The SMILES string of the molecule is c1ccc(P(C[C@H]2CC[C@H]2CP(c2ccccc2)c2ccccc2)c2ccccc2)cc1. The highest BCUT2D eigenvalue weighted by Gasteiger charge is 2.35. The molecule has 1 aliphatic carbocycles. The van der Waals surface area contributed by atoms with E-state index >= 15 is 0 Å². The van der Waals surface area contributed by atoms with E-state index in [1.807, 2.05) is 0 Å². The van der Waals surface area contributed by atoms with Crippen LogP contribution in [0.2, 0.25) is 0 Å². The molecule has 0 spiro atoms. The number of benzene rings is 4. The van der Waals surface area contributed by atoms with E-state index in [-0.39, 0.29) is 15.8 Å². The molecule has 4 aromatic rings. The fourth-order valence-electron chi connectivity index (χ4n) is 4.74. The lowest BCUT2D eigenvalue weighted by molar-refractivity contribution is 0.228. The number of hydrogen-bond donors (Lipinski definition) is 0. The Kier molecular flexibility index (Phi) is 7.13. The molecule has 160 valence electrons. The molecular weight excluding hydrogens is 422 g/mol. The van der Waals surface area contributed by atoms with Crippen molar-refractivity contribution in [2.24, 2.45) is 11.8 Å². The van der Waals surface area contributed by atoms with E-state index in [0.29, 0.717) is 0 Å². The molecule has 1 aliphatic rings. The minimum atomic E-state index is -0.298. The van der Waals surface area contributed by atoms with Gasteiger partial charge in [-0.25, -0.2) is 0 Å². The Morgan fingerprint density at radius 1 is 0.406 bits per heavy atom. The quantitative estimate of drug-likeness (QED) is 0.276. The summed E-state index contributed by atoms with van der Waals surface area (Å²) in [6.07, 6.45) is 5.41. The van der Waals surface area contributed by atoms with Gasteiger partial charge in [-0.2, -0.15) is 0 Å². The van der Waals surface area contributed by atoms with Gasteiger partial charge in [0, 0.05) is 0 Å². The fourth-order valence-corrected chi connectivity index (χ4v) is 10.2. The average molecular weight is 453 g/mol. The Morgan fingerprint density at radius 2 is 0.656 bits per heavy atom. The van der Waals surface area contributed by atoms with Crippen LogP contribution in [0.1, 0.15) is 12.8 Å². The highest BCUT2D eigenvalue weighted by Crippen LogP contribution is 2.49. The first-order valence-corrected chi connectivity index (χ1v) is 14.7. The van der Waals surface area contributed by atoms with Crippen LogP contribution in [-0.2, 0) is 0 Å². The summed E-state index contributed by atoms with van der Waals surface area (Å²) in [4.78, 5) is 0. The van der Waals surface area contributed by atoms with Crippen LogP contribution in [0.4, 0.5) is 0 Å². The average Bonchev–Trinajstić information content (AvgIpc) is 2.86. The van der Waals surface area contributed by atoms with Gasteiger partial charge in [0.15, 0.2) is 0 Å². The van der Waals surface area contributed by atoms with Gasteiger partial charge in [-0.05, 0) is 74.1 Å². The van der Waals surface area contributed by atoms with Gasteiger partial charge in [-0.3, -0.25) is 0 Å². The van der Waals surface area contributed by atoms with Crippen LogP contribution in [0.5, 0.6) is 0 Å². The molecule has 0 nitrogen and oxygen atoms in total. The minimum absolute atomic E-state index is 0.298. The molecule has 4 aromatic carbocycles. The molecule has 1 fully saturated rings. The molecule has 32 heavy (non-hydrogen) atoms. The predicted octanol–water partition coefficient (Wildman–Crippen LogP) is 6.28. The van der Waals surface area contributed by atoms with Gasteiger partial charge >= 0.3 is 0 Å². The molecule has 0 N–H and O–H groups in total. The highest BCUT2D eigenvalue weighted by molar-refractivity contribution is 7.73. The van der Waals surface area contributed by atoms with Crippen molar-refractivity contribution in [2.45, 2.75) is 12.8 Å². The first-order valence-electron chi connectivity index (χ1n) is 11.6. The van der Waals surface area contributed by atoms with Crippen LogP contribution in [0.3, 0.4) is 0 Å². The first kappa shape index (κ1) is 21.6. The number of hydrogen-bond acceptors (Lipinski definition) is 0. The molecular formula is C30H30P2. The van der Waals surface area contributed by atoms with E-state index in [1.165, 1.54) is 46.4 Å². The molecule has 2 heteroatoms. The van der Waals surface area contributed by atoms with Crippen molar-refractivity contribution in [1.82, 2.24) is 0 Å². The molecule has 0 unspecified atom stereocenters. The summed E-state index contributed by atoms with van der Waals surface area (Å²) >= 11 is 0. The monoisotopic (exact) mass is 452 g/mol. The lowest BCUT2D eigenvalue weighted by Gasteiger charge is -2.41. The molecule has 0 bridgehead atoms. The van der Waals surface area contributed by atoms with Gasteiger partial charge in [0.05, 0.1) is 0 Å². The van der Waals surface area contributed by atoms with Gasteiger partial charge in [-0.15, -0.1) is 0 Å². The first-order chi connectivity index (χ1) is 15.9. The highest BCUT2D eigenvalue weighted by atomic mass is 31.1. The molecule has 0 radical (unpaired) electrons. The number of rotatable bonds is 8. The smallest absolute Gasteiger partial charge is 0.0195 e. The van der Waals surface area contributed by atoms with Gasteiger partial charge in [0.2, 0.25) is 0 Å². The Labute approximate surface area is 195 Å². The van der Waals surface area contributed by atoms with Crippen LogP contribution < -0.4 is 21.2 Å². The fraction of sp³-hybridized carbons (Fsp3) is 0.200. The second-order valence-corrected chi connectivity index (χ2v) is 13.2. The third-order valence-electron chi connectivity index (χ3n) is 6.68. The molecule has 0 aromatic heterocycles. The van der Waals surface area contributed by atoms with Crippen LogP contribution in [0.15, 0.2) is 121 Å². The Bertz CT molecular complexity index is 911. The van der Waals surface area contributed by atoms with Crippen molar-refractivity contribution < 1.29 is 0 Å². The summed E-state index contributed by atoms with van der Waals surface area (Å²) in [5.41, 5.74) is 0. The third kappa shape index (κ3) is 5.04. The van der Waals surface area contributed by atoms with E-state index < -0.39 is 0 Å². The molecule has 1 saturated carbocycles. The summed E-state index contributed by atoms with van der Waals surface area (Å²) in [7, 11) is -0.596. The maximum Gasteiger partial charge on any atom is -0.0195 e. The minimum Gasteiger partial charge on any atom is -0.0622 e. The summed E-state index contributed by atoms with van der Waals surface area (Å²) in [5, 5.41) is 6.08. The van der Waals surface area contributed by atoms with Gasteiger partial charge in [-0.1, -0.05) is 121 Å². The van der Waals surface area contributed by atoms with E-state index in [0.717, 1.165) is 11.8 Å². The molecule has 0 aliphatic heterocycles. The van der Waals surface area contributed by atoms with Crippen LogP contribution >= 0.6 is 15.8 Å². The van der Waals surface area contributed by atoms with Crippen LogP contribution in [0.25, 0.3) is 0 Å². The Balaban J connectivity index is 1.37. The van der Waals surface area contributed by atoms with Gasteiger partial charge < -0.3 is 0 Å². The molecule has 0 amide bonds. The molecule has 0 saturated heterocycles. The third-order valence-corrected chi connectivity index (χ3v) is 12.0. The Hall–Kier alpha value is -2.26. The summed E-state index contributed by atoms with van der Waals surface area (Å²) < 4.78 is 0. The van der Waals surface area contributed by atoms with E-state index in [4.69, 9.17) is 0 Å². The van der Waals surface area contributed by atoms with Crippen LogP contribution in [-0.4, -0.2) is 12.3 Å². The molecule has 0 heterocycles. The lowest BCUT2D eigenvalue weighted by atomic mass is 9.76. The second kappa shape index (κ2) is 10.6. The Morgan fingerprint density at radius 3 is 0.875 bits per heavy atom. The zero-order valence-corrected chi connectivity index (χ0v) is 20.2. The van der Waals surface area contributed by atoms with Crippen molar-refractivity contribution in [2.75, 3.05) is 12.3 Å². The molecule has 2 atom stereocenters. The van der Waals surface area contributed by atoms with Crippen molar-refractivity contribution in [1.29, 1.82) is 0 Å². The largest absolute Gasteiger partial charge is 0.0622 e. The maximum absolute atomic E-state index is 2.34. The van der Waals surface area contributed by atoms with E-state index in [1.54, 1.807) is 0 Å². The summed E-state index contributed by atoms with van der Waals surface area (Å²) in [6, 6.07) is 44.9. The van der Waals surface area contributed by atoms with Crippen LogP contribution in [0, 0.1) is 11.8 Å². The van der Waals surface area contributed by atoms with Crippen molar-refractivity contribution in [3.05, 3.63) is 121 Å². The summed E-state index contributed by atoms with van der Waals surface area (Å²) in [5.74, 6) is 1.66. The van der Waals surface area contributed by atoms with Crippen molar-refractivity contribution >= 4 is 37.1 Å². The zero-order valence-electron chi connectivity index (χ0n) is 18.4. The maximum atomic E-state index is 2.34.